The molecule has 1 aromatic carbocycles. The molecule has 0 bridgehead atoms. The normalized spacial score (nSPS) is 11.0. The summed E-state index contributed by atoms with van der Waals surface area (Å²) in [6.07, 6.45) is 27.1. The summed E-state index contributed by atoms with van der Waals surface area (Å²) in [5.41, 5.74) is -0.636. The van der Waals surface area contributed by atoms with Crippen molar-refractivity contribution in [3.63, 3.8) is 0 Å². The Hall–Kier alpha value is -2.55. The van der Waals surface area contributed by atoms with Gasteiger partial charge in [0, 0.05) is 0 Å². The monoisotopic (exact) mass is 513 g/mol. The zero-order chi connectivity index (χ0) is 26.6. The first kappa shape index (κ1) is 30.7. The number of hydrogen-bond acceptors (Lipinski definition) is 4. The number of nitriles is 1. The quantitative estimate of drug-likeness (QED) is 0.156. The van der Waals surface area contributed by atoms with Crippen LogP contribution in [0.15, 0.2) is 24.5 Å². The molecule has 0 aliphatic rings. The third-order valence-electron chi connectivity index (χ3n) is 6.84. The lowest BCUT2D eigenvalue weighted by Crippen LogP contribution is -2.00. The summed E-state index contributed by atoms with van der Waals surface area (Å²) in [6, 6.07) is 3.81. The number of unbranched alkanes of at least 4 members (excludes halogenated alkanes) is 17. The predicted molar refractivity (Wildman–Crippen MR) is 146 cm³/mol. The summed E-state index contributed by atoms with van der Waals surface area (Å²) < 4.78 is 33.5. The largest absolute Gasteiger partial charge is 0.490 e. The van der Waals surface area contributed by atoms with Crippen LogP contribution in [-0.2, 0) is 0 Å². The highest BCUT2D eigenvalue weighted by atomic mass is 19.1. The molecule has 0 unspecified atom stereocenters. The van der Waals surface area contributed by atoms with E-state index < -0.39 is 17.2 Å². The Morgan fingerprint density at radius 2 is 1.16 bits per heavy atom. The topological polar surface area (TPSA) is 58.8 Å². The lowest BCUT2D eigenvalue weighted by Gasteiger charge is -2.07. The van der Waals surface area contributed by atoms with E-state index in [1.54, 1.807) is 0 Å². The molecule has 0 atom stereocenters. The fourth-order valence-corrected chi connectivity index (χ4v) is 4.55. The van der Waals surface area contributed by atoms with Crippen molar-refractivity contribution in [3.05, 3.63) is 41.7 Å². The van der Waals surface area contributed by atoms with Crippen LogP contribution < -0.4 is 4.74 Å². The molecule has 0 saturated carbocycles. The van der Waals surface area contributed by atoms with E-state index in [-0.39, 0.29) is 11.4 Å². The highest BCUT2D eigenvalue weighted by Crippen LogP contribution is 2.24. The Labute approximate surface area is 222 Å². The molecular weight excluding hydrogens is 468 g/mol. The zero-order valence-electron chi connectivity index (χ0n) is 22.8. The summed E-state index contributed by atoms with van der Waals surface area (Å²) in [7, 11) is 0. The summed E-state index contributed by atoms with van der Waals surface area (Å²) >= 11 is 0. The van der Waals surface area contributed by atoms with E-state index >= 15 is 0 Å². The second-order valence-corrected chi connectivity index (χ2v) is 10.00. The average molecular weight is 514 g/mol. The molecule has 6 heteroatoms. The summed E-state index contributed by atoms with van der Waals surface area (Å²) in [5, 5.41) is 8.91. The van der Waals surface area contributed by atoms with Gasteiger partial charge in [-0.2, -0.15) is 5.26 Å². The molecule has 0 aliphatic carbocycles. The van der Waals surface area contributed by atoms with Crippen LogP contribution in [0.5, 0.6) is 5.75 Å². The highest BCUT2D eigenvalue weighted by molar-refractivity contribution is 5.59. The van der Waals surface area contributed by atoms with Crippen LogP contribution in [0.4, 0.5) is 8.78 Å². The minimum Gasteiger partial charge on any atom is -0.490 e. The second-order valence-electron chi connectivity index (χ2n) is 10.00. The predicted octanol–water partition coefficient (Wildman–Crippen LogP) is 9.71. The zero-order valence-corrected chi connectivity index (χ0v) is 22.8. The Bertz CT molecular complexity index is 912. The molecule has 0 fully saturated rings. The first-order chi connectivity index (χ1) is 18.2. The number of rotatable bonds is 21. The van der Waals surface area contributed by atoms with Gasteiger partial charge in [-0.3, -0.25) is 0 Å². The Morgan fingerprint density at radius 3 is 1.62 bits per heavy atom. The summed E-state index contributed by atoms with van der Waals surface area (Å²) in [6.45, 7) is 2.86. The highest BCUT2D eigenvalue weighted by Gasteiger charge is 2.16. The SMILES string of the molecule is CCCCCCCCCCCCCCCCCCCCOc1cnc(-c2ccc(F)c(C#N)c2F)nc1. The number of aromatic nitrogens is 2. The lowest BCUT2D eigenvalue weighted by atomic mass is 10.0. The van der Waals surface area contributed by atoms with Gasteiger partial charge in [-0.1, -0.05) is 116 Å². The van der Waals surface area contributed by atoms with Gasteiger partial charge >= 0.3 is 0 Å². The van der Waals surface area contributed by atoms with E-state index in [2.05, 4.69) is 16.9 Å². The van der Waals surface area contributed by atoms with E-state index in [0.29, 0.717) is 12.4 Å². The number of benzene rings is 1. The fraction of sp³-hybridized carbons (Fsp3) is 0.645. The molecule has 0 aliphatic heterocycles. The van der Waals surface area contributed by atoms with Crippen molar-refractivity contribution in [1.82, 2.24) is 9.97 Å². The molecule has 0 N–H and O–H groups in total. The standard InChI is InChI=1S/C31H45F2N3O/c1-2-3-4-5-6-7-8-9-10-11-12-13-14-15-16-17-18-19-22-37-26-24-35-31(36-25-26)27-20-21-29(32)28(23-34)30(27)33/h20-21,24-25H,2-19,22H2,1H3. The van der Waals surface area contributed by atoms with Crippen molar-refractivity contribution in [3.8, 4) is 23.2 Å². The molecular formula is C31H45F2N3O. The van der Waals surface area contributed by atoms with Crippen molar-refractivity contribution in [1.29, 1.82) is 5.26 Å². The molecule has 2 rings (SSSR count). The summed E-state index contributed by atoms with van der Waals surface area (Å²) in [5.74, 6) is -1.24. The van der Waals surface area contributed by atoms with E-state index in [0.717, 1.165) is 18.9 Å². The maximum Gasteiger partial charge on any atom is 0.162 e. The number of ether oxygens (including phenoxy) is 1. The molecule has 1 aromatic heterocycles. The Morgan fingerprint density at radius 1 is 0.703 bits per heavy atom. The first-order valence-electron chi connectivity index (χ1n) is 14.5. The van der Waals surface area contributed by atoms with E-state index in [1.807, 2.05) is 0 Å². The third kappa shape index (κ3) is 12.5. The van der Waals surface area contributed by atoms with Crippen molar-refractivity contribution >= 4 is 0 Å². The minimum absolute atomic E-state index is 0.00648. The van der Waals surface area contributed by atoms with Crippen LogP contribution in [0.25, 0.3) is 11.4 Å². The fourth-order valence-electron chi connectivity index (χ4n) is 4.55. The molecule has 4 nitrogen and oxygen atoms in total. The van der Waals surface area contributed by atoms with E-state index in [9.17, 15) is 8.78 Å². The van der Waals surface area contributed by atoms with Gasteiger partial charge in [0.25, 0.3) is 0 Å². The van der Waals surface area contributed by atoms with Gasteiger partial charge in [-0.25, -0.2) is 18.7 Å². The number of nitrogens with zero attached hydrogens (tertiary/aromatic N) is 3. The molecule has 204 valence electrons. The Kier molecular flexibility index (Phi) is 16.2. The third-order valence-corrected chi connectivity index (χ3v) is 6.84. The molecule has 0 radical (unpaired) electrons. The minimum atomic E-state index is -0.949. The number of hydrogen-bond donors (Lipinski definition) is 0. The van der Waals surface area contributed by atoms with Crippen molar-refractivity contribution in [2.75, 3.05) is 6.61 Å². The summed E-state index contributed by atoms with van der Waals surface area (Å²) in [4.78, 5) is 8.22. The number of halogens is 2. The maximum absolute atomic E-state index is 14.3. The molecule has 1 heterocycles. The first-order valence-corrected chi connectivity index (χ1v) is 14.5. The molecule has 37 heavy (non-hydrogen) atoms. The van der Waals surface area contributed by atoms with E-state index in [4.69, 9.17) is 10.00 Å². The molecule has 0 amide bonds. The van der Waals surface area contributed by atoms with Crippen LogP contribution in [0.2, 0.25) is 0 Å². The van der Waals surface area contributed by atoms with Crippen molar-refractivity contribution in [2.24, 2.45) is 0 Å². The van der Waals surface area contributed by atoms with Crippen LogP contribution in [0.3, 0.4) is 0 Å². The van der Waals surface area contributed by atoms with Crippen LogP contribution >= 0.6 is 0 Å². The van der Waals surface area contributed by atoms with Crippen LogP contribution in [0.1, 0.15) is 128 Å². The molecule has 0 spiro atoms. The average Bonchev–Trinajstić information content (AvgIpc) is 2.91. The van der Waals surface area contributed by atoms with Gasteiger partial charge in [0.05, 0.1) is 24.6 Å². The van der Waals surface area contributed by atoms with Gasteiger partial charge in [-0.15, -0.1) is 0 Å². The Balaban J connectivity index is 1.42. The van der Waals surface area contributed by atoms with Crippen molar-refractivity contribution < 1.29 is 13.5 Å². The van der Waals surface area contributed by atoms with Gasteiger partial charge in [-0.05, 0) is 18.6 Å². The van der Waals surface area contributed by atoms with Crippen LogP contribution in [0, 0.1) is 23.0 Å². The van der Waals surface area contributed by atoms with E-state index in [1.165, 1.54) is 127 Å². The lowest BCUT2D eigenvalue weighted by molar-refractivity contribution is 0.302. The van der Waals surface area contributed by atoms with Gasteiger partial charge in [0.2, 0.25) is 0 Å². The van der Waals surface area contributed by atoms with Crippen LogP contribution in [-0.4, -0.2) is 16.6 Å². The van der Waals surface area contributed by atoms with Crippen molar-refractivity contribution in [2.45, 2.75) is 122 Å². The molecule has 0 saturated heterocycles. The van der Waals surface area contributed by atoms with Gasteiger partial charge in [0.15, 0.2) is 17.4 Å². The van der Waals surface area contributed by atoms with Gasteiger partial charge < -0.3 is 4.74 Å². The smallest absolute Gasteiger partial charge is 0.162 e. The maximum atomic E-state index is 14.3. The molecule has 2 aromatic rings. The van der Waals surface area contributed by atoms with Gasteiger partial charge in [0.1, 0.15) is 17.4 Å². The second kappa shape index (κ2) is 19.5.